The van der Waals surface area contributed by atoms with E-state index in [0.717, 1.165) is 6.92 Å². The zero-order chi connectivity index (χ0) is 27.2. The van der Waals surface area contributed by atoms with Crippen molar-refractivity contribution in [1.29, 1.82) is 0 Å². The number of hydrogen-bond donors (Lipinski definition) is 0. The third-order valence-corrected chi connectivity index (χ3v) is 3.82. The Morgan fingerprint density at radius 1 is 0.697 bits per heavy atom. The third kappa shape index (κ3) is 4.29. The summed E-state index contributed by atoms with van der Waals surface area (Å²) in [5, 5.41) is 0. The predicted octanol–water partition coefficient (Wildman–Crippen LogP) is 4.90. The number of amides is 1. The molecule has 0 aromatic heterocycles. The number of rotatable bonds is 9. The van der Waals surface area contributed by atoms with E-state index >= 15 is 0 Å². The Morgan fingerprint density at radius 2 is 1.03 bits per heavy atom. The first-order valence-electron chi connectivity index (χ1n) is 7.69. The lowest BCUT2D eigenvalue weighted by Gasteiger charge is -2.41. The van der Waals surface area contributed by atoms with Crippen molar-refractivity contribution in [2.24, 2.45) is 0 Å². The highest BCUT2D eigenvalue weighted by molar-refractivity contribution is 5.95. The molecule has 0 saturated carbocycles. The number of halogens is 15. The SMILES string of the molecule is C=C(C(=O)OCC)N(C)C(=O)C(F)(F)C(F)(F)C(F)(F)C(F)(F)C(F)(F)C(F)(F)C(F)(F)F. The maximum Gasteiger partial charge on any atom is 0.460 e. The van der Waals surface area contributed by atoms with E-state index in [2.05, 4.69) is 11.3 Å². The summed E-state index contributed by atoms with van der Waals surface area (Å²) in [6, 6.07) is 0. The summed E-state index contributed by atoms with van der Waals surface area (Å²) in [6.07, 6.45) is -7.73. The molecule has 33 heavy (non-hydrogen) atoms. The highest BCUT2D eigenvalue weighted by atomic mass is 19.4. The molecule has 0 aliphatic heterocycles. The molecule has 0 aromatic carbocycles. The fraction of sp³-hybridized carbons (Fsp3) is 0.714. The first-order valence-corrected chi connectivity index (χ1v) is 7.69. The Balaban J connectivity index is 6.57. The molecule has 19 heteroatoms. The van der Waals surface area contributed by atoms with E-state index < -0.39 is 70.8 Å². The van der Waals surface area contributed by atoms with Gasteiger partial charge in [0.05, 0.1) is 6.61 Å². The standard InChI is InChI=1S/C14H10F15NO3/c1-4-33-6(31)5(2)30(3)7(32)8(15,16)9(17,18)10(19,20)11(21,22)12(23,24)13(25,26)14(27,28)29/h2,4H2,1,3H3. The highest BCUT2D eigenvalue weighted by Crippen LogP contribution is 2.62. The van der Waals surface area contributed by atoms with Crippen LogP contribution in [0.5, 0.6) is 0 Å². The number of carbonyl (C=O) groups excluding carboxylic acids is 2. The number of hydrogen-bond acceptors (Lipinski definition) is 3. The van der Waals surface area contributed by atoms with Gasteiger partial charge in [0, 0.05) is 7.05 Å². The van der Waals surface area contributed by atoms with Crippen molar-refractivity contribution < 1.29 is 80.2 Å². The molecule has 0 N–H and O–H groups in total. The van der Waals surface area contributed by atoms with Crippen LogP contribution >= 0.6 is 0 Å². The van der Waals surface area contributed by atoms with Crippen molar-refractivity contribution in [3.8, 4) is 0 Å². The average Bonchev–Trinajstić information content (AvgIpc) is 2.64. The molecule has 0 aliphatic carbocycles. The second-order valence-corrected chi connectivity index (χ2v) is 5.98. The molecule has 194 valence electrons. The van der Waals surface area contributed by atoms with E-state index in [0.29, 0.717) is 0 Å². The molecule has 0 radical (unpaired) electrons. The third-order valence-electron chi connectivity index (χ3n) is 3.82. The van der Waals surface area contributed by atoms with Gasteiger partial charge in [-0.2, -0.15) is 65.9 Å². The maximum absolute atomic E-state index is 13.8. The minimum Gasteiger partial charge on any atom is -0.461 e. The molecule has 4 nitrogen and oxygen atoms in total. The van der Waals surface area contributed by atoms with E-state index in [-0.39, 0.29) is 7.05 Å². The summed E-state index contributed by atoms with van der Waals surface area (Å²) in [5.74, 6) is -54.2. The molecular weight excluding hydrogens is 515 g/mol. The summed E-state index contributed by atoms with van der Waals surface area (Å²) < 4.78 is 200. The Bertz CT molecular complexity index is 787. The number of alkyl halides is 15. The van der Waals surface area contributed by atoms with Crippen LogP contribution in [-0.2, 0) is 14.3 Å². The Hall–Kier alpha value is -2.37. The Labute approximate surface area is 172 Å². The Kier molecular flexibility index (Phi) is 7.84. The van der Waals surface area contributed by atoms with Gasteiger partial charge < -0.3 is 9.64 Å². The molecular formula is C14H10F15NO3. The number of ether oxygens (including phenoxy) is 1. The monoisotopic (exact) mass is 525 g/mol. The minimum atomic E-state index is -8.52. The number of nitrogens with zero attached hydrogens (tertiary/aromatic N) is 1. The topological polar surface area (TPSA) is 46.6 Å². The maximum atomic E-state index is 13.8. The summed E-state index contributed by atoms with van der Waals surface area (Å²) in [7, 11) is -0.0474. The molecule has 0 unspecified atom stereocenters. The van der Waals surface area contributed by atoms with Crippen LogP contribution in [0.1, 0.15) is 6.92 Å². The average molecular weight is 525 g/mol. The van der Waals surface area contributed by atoms with Gasteiger partial charge in [0.2, 0.25) is 0 Å². The molecule has 0 spiro atoms. The molecule has 0 aromatic rings. The first kappa shape index (κ1) is 30.6. The molecule has 0 saturated heterocycles. The summed E-state index contributed by atoms with van der Waals surface area (Å²) >= 11 is 0. The van der Waals surface area contributed by atoms with Crippen molar-refractivity contribution in [1.82, 2.24) is 4.90 Å². The second-order valence-electron chi connectivity index (χ2n) is 5.98. The van der Waals surface area contributed by atoms with Crippen molar-refractivity contribution in [3.63, 3.8) is 0 Å². The number of esters is 1. The fourth-order valence-corrected chi connectivity index (χ4v) is 1.79. The van der Waals surface area contributed by atoms with Gasteiger partial charge in [-0.15, -0.1) is 0 Å². The van der Waals surface area contributed by atoms with E-state index in [1.54, 1.807) is 0 Å². The Morgan fingerprint density at radius 3 is 1.36 bits per heavy atom. The van der Waals surface area contributed by atoms with E-state index in [4.69, 9.17) is 0 Å². The molecule has 0 rings (SSSR count). The quantitative estimate of drug-likeness (QED) is 0.245. The van der Waals surface area contributed by atoms with Crippen molar-refractivity contribution in [3.05, 3.63) is 12.3 Å². The van der Waals surface area contributed by atoms with E-state index in [9.17, 15) is 75.4 Å². The van der Waals surface area contributed by atoms with Crippen LogP contribution in [0, 0.1) is 0 Å². The van der Waals surface area contributed by atoms with Crippen molar-refractivity contribution in [2.45, 2.75) is 48.6 Å². The zero-order valence-corrected chi connectivity index (χ0v) is 15.8. The van der Waals surface area contributed by atoms with Gasteiger partial charge in [-0.3, -0.25) is 4.79 Å². The number of carbonyl (C=O) groups is 2. The van der Waals surface area contributed by atoms with Gasteiger partial charge in [0.25, 0.3) is 0 Å². The summed E-state index contributed by atoms with van der Waals surface area (Å²) in [4.78, 5) is 21.8. The minimum absolute atomic E-state index is 0.0474. The highest BCUT2D eigenvalue weighted by Gasteiger charge is 2.94. The van der Waals surface area contributed by atoms with Crippen LogP contribution in [-0.4, -0.2) is 72.1 Å². The molecule has 0 heterocycles. The lowest BCUT2D eigenvalue weighted by molar-refractivity contribution is -0.449. The molecule has 0 fully saturated rings. The lowest BCUT2D eigenvalue weighted by atomic mass is 9.90. The smallest absolute Gasteiger partial charge is 0.460 e. The van der Waals surface area contributed by atoms with Crippen LogP contribution in [0.2, 0.25) is 0 Å². The normalized spacial score (nSPS) is 14.7. The van der Waals surface area contributed by atoms with Gasteiger partial charge >= 0.3 is 53.6 Å². The van der Waals surface area contributed by atoms with Gasteiger partial charge in [-0.05, 0) is 6.92 Å². The van der Waals surface area contributed by atoms with Gasteiger partial charge in [-0.25, -0.2) is 4.79 Å². The largest absolute Gasteiger partial charge is 0.461 e. The van der Waals surface area contributed by atoms with Crippen LogP contribution in [0.4, 0.5) is 65.9 Å². The molecule has 0 bridgehead atoms. The molecule has 0 atom stereocenters. The fourth-order valence-electron chi connectivity index (χ4n) is 1.79. The van der Waals surface area contributed by atoms with Crippen LogP contribution in [0.15, 0.2) is 12.3 Å². The van der Waals surface area contributed by atoms with Gasteiger partial charge in [0.1, 0.15) is 5.70 Å². The van der Waals surface area contributed by atoms with Crippen LogP contribution in [0.25, 0.3) is 0 Å². The zero-order valence-electron chi connectivity index (χ0n) is 15.8. The van der Waals surface area contributed by atoms with Crippen molar-refractivity contribution in [2.75, 3.05) is 13.7 Å². The number of likely N-dealkylation sites (N-methyl/N-ethyl adjacent to an activating group) is 1. The summed E-state index contributed by atoms with van der Waals surface area (Å²) in [5.41, 5.74) is -1.60. The molecule has 0 aliphatic rings. The lowest BCUT2D eigenvalue weighted by Crippen LogP contribution is -2.74. The molecule has 1 amide bonds. The van der Waals surface area contributed by atoms with Gasteiger partial charge in [0.15, 0.2) is 0 Å². The predicted molar refractivity (Wildman–Crippen MR) is 74.3 cm³/mol. The second kappa shape index (κ2) is 8.44. The summed E-state index contributed by atoms with van der Waals surface area (Å²) in [6.45, 7) is 3.09. The van der Waals surface area contributed by atoms with Crippen LogP contribution in [0.3, 0.4) is 0 Å². The van der Waals surface area contributed by atoms with E-state index in [1.165, 1.54) is 0 Å². The first-order chi connectivity index (χ1) is 14.2. The van der Waals surface area contributed by atoms with E-state index in [1.807, 2.05) is 0 Å². The van der Waals surface area contributed by atoms with Gasteiger partial charge in [-0.1, -0.05) is 6.58 Å². The van der Waals surface area contributed by atoms with Crippen molar-refractivity contribution >= 4 is 11.9 Å². The van der Waals surface area contributed by atoms with Crippen LogP contribution < -0.4 is 0 Å².